The predicted octanol–water partition coefficient (Wildman–Crippen LogP) is 6.52. The van der Waals surface area contributed by atoms with Crippen molar-refractivity contribution in [3.05, 3.63) is 78.0 Å². The summed E-state index contributed by atoms with van der Waals surface area (Å²) < 4.78 is 106. The van der Waals surface area contributed by atoms with Gasteiger partial charge < -0.3 is 15.0 Å². The fourth-order valence-electron chi connectivity index (χ4n) is 5.48. The summed E-state index contributed by atoms with van der Waals surface area (Å²) in [4.78, 5) is 8.02. The van der Waals surface area contributed by atoms with E-state index in [-0.39, 0.29) is 12.1 Å². The molecule has 5 rings (SSSR count). The van der Waals surface area contributed by atoms with E-state index in [9.17, 15) is 34.8 Å². The zero-order chi connectivity index (χ0) is 31.5. The molecule has 0 spiro atoms. The van der Waals surface area contributed by atoms with Gasteiger partial charge >= 0.3 is 11.7 Å². The lowest BCUT2D eigenvalue weighted by Crippen LogP contribution is -2.46. The molecular formula is C30H32F6N4O3S. The zero-order valence-electron chi connectivity index (χ0n) is 23.6. The Balaban J connectivity index is 1.07. The first-order chi connectivity index (χ1) is 20.8. The summed E-state index contributed by atoms with van der Waals surface area (Å²) in [7, 11) is -5.38. The summed E-state index contributed by atoms with van der Waals surface area (Å²) in [6.07, 6.45) is 0.316. The Morgan fingerprint density at radius 2 is 1.48 bits per heavy atom. The minimum Gasteiger partial charge on any atom is -0.474 e. The monoisotopic (exact) mass is 642 g/mol. The number of hydrogen-bond donors (Lipinski definition) is 1. The van der Waals surface area contributed by atoms with Crippen LogP contribution in [0, 0.1) is 0 Å². The highest BCUT2D eigenvalue weighted by molar-refractivity contribution is 7.92. The molecule has 1 aromatic heterocycles. The molecule has 2 aromatic carbocycles. The number of hydrogen-bond acceptors (Lipinski definition) is 7. The van der Waals surface area contributed by atoms with E-state index in [0.717, 1.165) is 87.4 Å². The number of anilines is 2. The molecule has 14 heteroatoms. The highest BCUT2D eigenvalue weighted by atomic mass is 32.2. The Labute approximate surface area is 251 Å². The van der Waals surface area contributed by atoms with Gasteiger partial charge in [-0.15, -0.1) is 0 Å². The number of sulfone groups is 1. The van der Waals surface area contributed by atoms with Crippen LogP contribution in [0.2, 0.25) is 0 Å². The van der Waals surface area contributed by atoms with Crippen molar-refractivity contribution < 1.29 is 39.5 Å². The SMILES string of the molecule is O=S(=O)(c1ccc(N[C@H]2CC[C@H](Oc3cc(N4CCN(Cc5ccc(C(F)(F)F)cc5)CC4)ccn3)CC2)cc1)C(F)(F)F. The van der Waals surface area contributed by atoms with Crippen LogP contribution in [0.5, 0.6) is 5.88 Å². The van der Waals surface area contributed by atoms with Gasteiger partial charge in [0.05, 0.1) is 10.5 Å². The topological polar surface area (TPSA) is 74.8 Å². The van der Waals surface area contributed by atoms with E-state index in [1.165, 1.54) is 24.3 Å². The Bertz CT molecular complexity index is 1500. The maximum Gasteiger partial charge on any atom is 0.501 e. The van der Waals surface area contributed by atoms with E-state index in [4.69, 9.17) is 4.74 Å². The van der Waals surface area contributed by atoms with E-state index in [2.05, 4.69) is 20.1 Å². The Hall–Kier alpha value is -3.52. The first-order valence-corrected chi connectivity index (χ1v) is 15.7. The Kier molecular flexibility index (Phi) is 9.30. The van der Waals surface area contributed by atoms with Crippen LogP contribution in [0.25, 0.3) is 0 Å². The molecule has 7 nitrogen and oxygen atoms in total. The highest BCUT2D eigenvalue weighted by Gasteiger charge is 2.46. The van der Waals surface area contributed by atoms with Crippen LogP contribution in [0.3, 0.4) is 0 Å². The van der Waals surface area contributed by atoms with E-state index in [0.29, 0.717) is 18.1 Å². The van der Waals surface area contributed by atoms with Crippen molar-refractivity contribution in [1.29, 1.82) is 0 Å². The van der Waals surface area contributed by atoms with Crippen molar-refractivity contribution in [2.45, 2.75) is 61.0 Å². The summed E-state index contributed by atoms with van der Waals surface area (Å²) >= 11 is 0. The van der Waals surface area contributed by atoms with Crippen molar-refractivity contribution in [1.82, 2.24) is 9.88 Å². The number of nitrogens with one attached hydrogen (secondary N) is 1. The molecule has 0 radical (unpaired) electrons. The lowest BCUT2D eigenvalue weighted by molar-refractivity contribution is -0.137. The molecule has 44 heavy (non-hydrogen) atoms. The number of halogens is 6. The van der Waals surface area contributed by atoms with E-state index in [1.54, 1.807) is 6.20 Å². The molecule has 0 atom stereocenters. The number of rotatable bonds is 8. The summed E-state index contributed by atoms with van der Waals surface area (Å²) in [5, 5.41) is 3.26. The number of aromatic nitrogens is 1. The number of ether oxygens (including phenoxy) is 1. The second kappa shape index (κ2) is 12.8. The Morgan fingerprint density at radius 1 is 0.841 bits per heavy atom. The molecule has 2 aliphatic rings. The second-order valence-corrected chi connectivity index (χ2v) is 13.0. The van der Waals surface area contributed by atoms with Gasteiger partial charge in [0.1, 0.15) is 6.10 Å². The zero-order valence-corrected chi connectivity index (χ0v) is 24.4. The van der Waals surface area contributed by atoms with Crippen molar-refractivity contribution in [2.75, 3.05) is 36.4 Å². The van der Waals surface area contributed by atoms with Crippen LogP contribution in [0.15, 0.2) is 71.8 Å². The van der Waals surface area contributed by atoms with Crippen LogP contribution in [0.1, 0.15) is 36.8 Å². The smallest absolute Gasteiger partial charge is 0.474 e. The minimum absolute atomic E-state index is 0.0457. The highest BCUT2D eigenvalue weighted by Crippen LogP contribution is 2.32. The molecule has 2 heterocycles. The maximum absolute atomic E-state index is 12.8. The lowest BCUT2D eigenvalue weighted by Gasteiger charge is -2.36. The minimum atomic E-state index is -5.38. The van der Waals surface area contributed by atoms with Crippen molar-refractivity contribution in [2.24, 2.45) is 0 Å². The standard InChI is InChI=1S/C30H32F6N4O3S/c31-29(32,33)22-3-1-21(2-4-22)20-39-15-17-40(18-16-39)25-13-14-37-28(19-25)43-26-9-5-23(6-10-26)38-24-7-11-27(12-8-24)44(41,42)30(34,35)36/h1-4,7-8,11-14,19,23,26,38H,5-6,9-10,15-18,20H2/t23-,26-. The number of nitrogens with zero attached hydrogens (tertiary/aromatic N) is 3. The van der Waals surface area contributed by atoms with Crippen LogP contribution >= 0.6 is 0 Å². The number of pyridine rings is 1. The molecule has 1 saturated carbocycles. The summed E-state index contributed by atoms with van der Waals surface area (Å²) in [5.74, 6) is 0.521. The third-order valence-electron chi connectivity index (χ3n) is 7.95. The van der Waals surface area contributed by atoms with E-state index < -0.39 is 32.0 Å². The molecule has 2 fully saturated rings. The lowest BCUT2D eigenvalue weighted by atomic mass is 9.92. The molecule has 1 aliphatic carbocycles. The average Bonchev–Trinajstić information content (AvgIpc) is 2.98. The fraction of sp³-hybridized carbons (Fsp3) is 0.433. The summed E-state index contributed by atoms with van der Waals surface area (Å²) in [6.45, 7) is 3.61. The van der Waals surface area contributed by atoms with Gasteiger partial charge in [0, 0.05) is 62.4 Å². The van der Waals surface area contributed by atoms with Gasteiger partial charge in [0.2, 0.25) is 5.88 Å². The van der Waals surface area contributed by atoms with Gasteiger partial charge in [-0.25, -0.2) is 13.4 Å². The molecule has 0 amide bonds. The summed E-state index contributed by atoms with van der Waals surface area (Å²) in [5.41, 5.74) is -3.63. The third-order valence-corrected chi connectivity index (χ3v) is 9.45. The fourth-order valence-corrected chi connectivity index (χ4v) is 6.24. The predicted molar refractivity (Wildman–Crippen MR) is 153 cm³/mol. The van der Waals surface area contributed by atoms with Gasteiger partial charge in [-0.05, 0) is 73.7 Å². The largest absolute Gasteiger partial charge is 0.501 e. The van der Waals surface area contributed by atoms with Crippen LogP contribution in [-0.4, -0.2) is 62.1 Å². The van der Waals surface area contributed by atoms with Crippen LogP contribution in [-0.2, 0) is 22.6 Å². The quantitative estimate of drug-likeness (QED) is 0.281. The van der Waals surface area contributed by atoms with Gasteiger partial charge in [-0.1, -0.05) is 12.1 Å². The van der Waals surface area contributed by atoms with E-state index in [1.807, 2.05) is 12.1 Å². The molecule has 0 unspecified atom stereocenters. The molecule has 1 aliphatic heterocycles. The third kappa shape index (κ3) is 7.76. The maximum atomic E-state index is 12.8. The Morgan fingerprint density at radius 3 is 2.07 bits per heavy atom. The molecule has 238 valence electrons. The molecule has 0 bridgehead atoms. The van der Waals surface area contributed by atoms with Gasteiger partial charge in [-0.2, -0.15) is 26.3 Å². The molecular weight excluding hydrogens is 610 g/mol. The van der Waals surface area contributed by atoms with Gasteiger partial charge in [0.25, 0.3) is 9.84 Å². The molecule has 1 saturated heterocycles. The summed E-state index contributed by atoms with van der Waals surface area (Å²) in [6, 6.07) is 13.8. The van der Waals surface area contributed by atoms with Crippen molar-refractivity contribution in [3.8, 4) is 5.88 Å². The second-order valence-electron chi connectivity index (χ2n) is 11.0. The van der Waals surface area contributed by atoms with Crippen molar-refractivity contribution in [3.63, 3.8) is 0 Å². The van der Waals surface area contributed by atoms with Crippen molar-refractivity contribution >= 4 is 21.2 Å². The molecule has 1 N–H and O–H groups in total. The van der Waals surface area contributed by atoms with Crippen LogP contribution < -0.4 is 15.0 Å². The van der Waals surface area contributed by atoms with Gasteiger partial charge in [-0.3, -0.25) is 4.90 Å². The number of alkyl halides is 6. The molecule has 3 aromatic rings. The normalized spacial score (nSPS) is 20.4. The number of benzene rings is 2. The van der Waals surface area contributed by atoms with Crippen LogP contribution in [0.4, 0.5) is 37.7 Å². The first kappa shape index (κ1) is 31.9. The van der Waals surface area contributed by atoms with E-state index >= 15 is 0 Å². The number of piperazine rings is 1. The average molecular weight is 643 g/mol. The first-order valence-electron chi connectivity index (χ1n) is 14.2. The van der Waals surface area contributed by atoms with Gasteiger partial charge in [0.15, 0.2) is 0 Å².